The van der Waals surface area contributed by atoms with Gasteiger partial charge >= 0.3 is 0 Å². The maximum atomic E-state index is 12.0. The van der Waals surface area contributed by atoms with Gasteiger partial charge in [0.05, 0.1) is 24.2 Å². The number of likely N-dealkylation sites (tertiary alicyclic amines) is 2. The van der Waals surface area contributed by atoms with Crippen LogP contribution >= 0.6 is 0 Å². The van der Waals surface area contributed by atoms with Crippen molar-refractivity contribution in [3.8, 4) is 0 Å². The third kappa shape index (κ3) is 6.60. The second-order valence-electron chi connectivity index (χ2n) is 8.10. The zero-order chi connectivity index (χ0) is 22.8. The Labute approximate surface area is 181 Å². The fraction of sp³-hybridized carbons (Fsp3) is 0.818. The van der Waals surface area contributed by atoms with E-state index < -0.39 is 0 Å². The highest BCUT2D eigenvalue weighted by Crippen LogP contribution is 2.20. The Hall–Kier alpha value is -1.80. The third-order valence-corrected chi connectivity index (χ3v) is 6.12. The summed E-state index contributed by atoms with van der Waals surface area (Å²) in [6.45, 7) is 8.52. The molecule has 2 fully saturated rings. The first-order chi connectivity index (χ1) is 14.2. The van der Waals surface area contributed by atoms with Gasteiger partial charge in [-0.05, 0) is 66.5 Å². The summed E-state index contributed by atoms with van der Waals surface area (Å²) in [5.41, 5.74) is 0. The summed E-state index contributed by atoms with van der Waals surface area (Å²) in [7, 11) is 3.57. The van der Waals surface area contributed by atoms with Gasteiger partial charge in [-0.15, -0.1) is 0 Å². The lowest BCUT2D eigenvalue weighted by Gasteiger charge is -2.26. The highest BCUT2D eigenvalue weighted by atomic mass is 16.2. The predicted molar refractivity (Wildman–Crippen MR) is 117 cm³/mol. The van der Waals surface area contributed by atoms with Crippen LogP contribution in [0.15, 0.2) is 0 Å². The van der Waals surface area contributed by atoms with Crippen LogP contribution in [0.4, 0.5) is 0 Å². The molecule has 0 radical (unpaired) electrons. The number of carbonyl (C=O) groups excluding carboxylic acids is 4. The average Bonchev–Trinajstić information content (AvgIpc) is 3.40. The smallest absolute Gasteiger partial charge is 0.240 e. The van der Waals surface area contributed by atoms with Gasteiger partial charge in [-0.2, -0.15) is 0 Å². The summed E-state index contributed by atoms with van der Waals surface area (Å²) in [5.74, 6) is 0.342. The molecule has 0 aromatic carbocycles. The molecule has 2 rings (SSSR count). The third-order valence-electron chi connectivity index (χ3n) is 6.12. The largest absolute Gasteiger partial charge is 0.331 e. The van der Waals surface area contributed by atoms with E-state index in [1.807, 2.05) is 13.8 Å². The molecule has 8 nitrogen and oxygen atoms in total. The molecule has 2 heterocycles. The maximum Gasteiger partial charge on any atom is 0.240 e. The Morgan fingerprint density at radius 2 is 1.10 bits per heavy atom. The zero-order valence-electron chi connectivity index (χ0n) is 19.5. The minimum absolute atomic E-state index is 0.0673. The van der Waals surface area contributed by atoms with Gasteiger partial charge < -0.3 is 20.4 Å². The summed E-state index contributed by atoms with van der Waals surface area (Å²) in [4.78, 5) is 50.2. The van der Waals surface area contributed by atoms with Crippen molar-refractivity contribution in [3.63, 3.8) is 0 Å². The van der Waals surface area contributed by atoms with E-state index in [0.717, 1.165) is 51.6 Å². The van der Waals surface area contributed by atoms with Crippen molar-refractivity contribution in [2.24, 2.45) is 0 Å². The van der Waals surface area contributed by atoms with Crippen molar-refractivity contribution >= 4 is 23.4 Å². The fourth-order valence-electron chi connectivity index (χ4n) is 4.31. The molecule has 0 spiro atoms. The summed E-state index contributed by atoms with van der Waals surface area (Å²) in [5, 5.41) is 5.97. The van der Waals surface area contributed by atoms with Crippen LogP contribution in [-0.4, -0.2) is 84.5 Å². The summed E-state index contributed by atoms with van der Waals surface area (Å²) >= 11 is 0. The van der Waals surface area contributed by atoms with Crippen molar-refractivity contribution in [1.29, 1.82) is 0 Å². The molecule has 0 bridgehead atoms. The first kappa shape index (κ1) is 26.2. The van der Waals surface area contributed by atoms with E-state index in [1.165, 1.54) is 0 Å². The number of amides is 2. The van der Waals surface area contributed by atoms with E-state index in [2.05, 4.69) is 10.6 Å². The fourth-order valence-corrected chi connectivity index (χ4v) is 4.31. The molecule has 2 aliphatic heterocycles. The van der Waals surface area contributed by atoms with Crippen molar-refractivity contribution < 1.29 is 19.2 Å². The van der Waals surface area contributed by atoms with Gasteiger partial charge in [-0.25, -0.2) is 0 Å². The minimum Gasteiger partial charge on any atom is -0.331 e. The molecule has 2 aliphatic rings. The van der Waals surface area contributed by atoms with E-state index in [9.17, 15) is 19.2 Å². The number of nitrogens with one attached hydrogen (secondary N) is 2. The molecule has 4 unspecified atom stereocenters. The van der Waals surface area contributed by atoms with Crippen molar-refractivity contribution in [2.75, 3.05) is 27.2 Å². The molecule has 172 valence electrons. The number of ketones is 2. The summed E-state index contributed by atoms with van der Waals surface area (Å²) < 4.78 is 0. The van der Waals surface area contributed by atoms with E-state index in [0.29, 0.717) is 0 Å². The van der Waals surface area contributed by atoms with Crippen LogP contribution < -0.4 is 10.6 Å². The average molecular weight is 425 g/mol. The molecule has 0 aromatic rings. The molecule has 30 heavy (non-hydrogen) atoms. The molecular formula is C22H40N4O4. The van der Waals surface area contributed by atoms with Gasteiger partial charge in [0.25, 0.3) is 0 Å². The van der Waals surface area contributed by atoms with Gasteiger partial charge in [0.2, 0.25) is 11.8 Å². The molecule has 0 aromatic heterocycles. The molecule has 2 saturated heterocycles. The zero-order valence-corrected chi connectivity index (χ0v) is 19.5. The molecule has 4 atom stereocenters. The van der Waals surface area contributed by atoms with Crippen molar-refractivity contribution in [1.82, 2.24) is 20.4 Å². The number of carbonyl (C=O) groups is 4. The first-order valence-corrected chi connectivity index (χ1v) is 11.2. The van der Waals surface area contributed by atoms with Crippen molar-refractivity contribution in [3.05, 3.63) is 0 Å². The van der Waals surface area contributed by atoms with Crippen LogP contribution in [0.25, 0.3) is 0 Å². The number of nitrogens with zero attached hydrogens (tertiary/aromatic N) is 2. The molecule has 2 amide bonds. The predicted octanol–water partition coefficient (Wildman–Crippen LogP) is 1.13. The second kappa shape index (κ2) is 12.8. The van der Waals surface area contributed by atoms with Gasteiger partial charge in [-0.1, -0.05) is 13.8 Å². The number of Topliss-reactive ketones (excluding diaryl/α,β-unsaturated/α-hetero) is 2. The Morgan fingerprint density at radius 3 is 1.33 bits per heavy atom. The van der Waals surface area contributed by atoms with Crippen LogP contribution in [0.5, 0.6) is 0 Å². The van der Waals surface area contributed by atoms with E-state index in [1.54, 1.807) is 37.7 Å². The monoisotopic (exact) mass is 424 g/mol. The Balaban J connectivity index is 0.000000300. The molecule has 8 heteroatoms. The molecule has 2 N–H and O–H groups in total. The SMILES string of the molecule is CCC(NC)C(=O)N1CCCC1C(C)=O.CCC(NC)C(=O)N1CCCC1C(C)=O. The molecular weight excluding hydrogens is 384 g/mol. The Kier molecular flexibility index (Phi) is 11.2. The lowest BCUT2D eigenvalue weighted by atomic mass is 10.1. The summed E-state index contributed by atoms with van der Waals surface area (Å²) in [6.07, 6.45) is 5.04. The molecule has 0 saturated carbocycles. The van der Waals surface area contributed by atoms with E-state index in [-0.39, 0.29) is 47.5 Å². The van der Waals surface area contributed by atoms with Gasteiger partial charge in [0.1, 0.15) is 0 Å². The standard InChI is InChI=1S/2C11H20N2O2/c2*1-4-9(12-3)11(15)13-7-5-6-10(13)8(2)14/h2*9-10,12H,4-7H2,1-3H3. The lowest BCUT2D eigenvalue weighted by Crippen LogP contribution is -2.48. The van der Waals surface area contributed by atoms with Crippen LogP contribution in [0.2, 0.25) is 0 Å². The number of hydrogen-bond acceptors (Lipinski definition) is 6. The number of hydrogen-bond donors (Lipinski definition) is 2. The van der Waals surface area contributed by atoms with E-state index in [4.69, 9.17) is 0 Å². The van der Waals surface area contributed by atoms with Crippen LogP contribution in [0, 0.1) is 0 Å². The van der Waals surface area contributed by atoms with Crippen LogP contribution in [0.3, 0.4) is 0 Å². The van der Waals surface area contributed by atoms with Crippen LogP contribution in [0.1, 0.15) is 66.2 Å². The first-order valence-electron chi connectivity index (χ1n) is 11.2. The molecule has 0 aliphatic carbocycles. The lowest BCUT2D eigenvalue weighted by molar-refractivity contribution is -0.138. The maximum absolute atomic E-state index is 12.0. The van der Waals surface area contributed by atoms with Gasteiger partial charge in [0, 0.05) is 13.1 Å². The van der Waals surface area contributed by atoms with E-state index >= 15 is 0 Å². The Bertz CT molecular complexity index is 550. The number of likely N-dealkylation sites (N-methyl/N-ethyl adjacent to an activating group) is 2. The summed E-state index contributed by atoms with van der Waals surface area (Å²) in [6, 6.07) is -0.658. The van der Waals surface area contributed by atoms with Gasteiger partial charge in [-0.3, -0.25) is 19.2 Å². The normalized spacial score (nSPS) is 22.9. The second-order valence-corrected chi connectivity index (χ2v) is 8.10. The Morgan fingerprint density at radius 1 is 0.767 bits per heavy atom. The quantitative estimate of drug-likeness (QED) is 0.606. The van der Waals surface area contributed by atoms with Gasteiger partial charge in [0.15, 0.2) is 11.6 Å². The van der Waals surface area contributed by atoms with Crippen molar-refractivity contribution in [2.45, 2.75) is 90.4 Å². The topological polar surface area (TPSA) is 98.8 Å². The highest BCUT2D eigenvalue weighted by Gasteiger charge is 2.35. The van der Waals surface area contributed by atoms with Crippen LogP contribution in [-0.2, 0) is 19.2 Å². The minimum atomic E-state index is -0.181. The number of rotatable bonds is 8. The highest BCUT2D eigenvalue weighted by molar-refractivity contribution is 5.91.